The number of hydrogen-bond donors (Lipinski definition) is 1. The number of nitrogens with one attached hydrogen (secondary N) is 1. The van der Waals surface area contributed by atoms with Crippen molar-refractivity contribution in [2.45, 2.75) is 31.7 Å². The van der Waals surface area contributed by atoms with Crippen LogP contribution in [-0.2, 0) is 12.8 Å². The molecule has 1 unspecified atom stereocenters. The smallest absolute Gasteiger partial charge is 0.0976 e. The highest BCUT2D eigenvalue weighted by Gasteiger charge is 2.23. The van der Waals surface area contributed by atoms with E-state index in [0.717, 1.165) is 23.4 Å². The number of thiazole rings is 1. The molecule has 0 bridgehead atoms. The molecule has 2 aromatic rings. The van der Waals surface area contributed by atoms with Gasteiger partial charge in [0.25, 0.3) is 0 Å². The van der Waals surface area contributed by atoms with E-state index in [-0.39, 0.29) is 0 Å². The molecule has 1 aromatic heterocycles. The average molecular weight is 293 g/mol. The Morgan fingerprint density at radius 3 is 3.05 bits per heavy atom. The average Bonchev–Trinajstić information content (AvgIpc) is 2.83. The van der Waals surface area contributed by atoms with Gasteiger partial charge in [0.05, 0.1) is 10.7 Å². The van der Waals surface area contributed by atoms with E-state index in [2.05, 4.69) is 11.4 Å². The molecular weight excluding hydrogens is 276 g/mol. The molecule has 100 valence electrons. The van der Waals surface area contributed by atoms with Gasteiger partial charge in [-0.2, -0.15) is 0 Å². The fraction of sp³-hybridized carbons (Fsp3) is 0.400. The minimum Gasteiger partial charge on any atom is -0.312 e. The first-order valence-electron chi connectivity index (χ1n) is 6.67. The van der Waals surface area contributed by atoms with Crippen LogP contribution in [0.15, 0.2) is 24.3 Å². The Bertz CT molecular complexity index is 579. The zero-order valence-corrected chi connectivity index (χ0v) is 12.5. The minimum absolute atomic E-state index is 0.487. The number of aromatic nitrogens is 1. The van der Waals surface area contributed by atoms with Gasteiger partial charge in [0.2, 0.25) is 0 Å². The summed E-state index contributed by atoms with van der Waals surface area (Å²) in [6.45, 7) is 0. The van der Waals surface area contributed by atoms with Crippen molar-refractivity contribution >= 4 is 22.9 Å². The summed E-state index contributed by atoms with van der Waals surface area (Å²) < 4.78 is 0. The van der Waals surface area contributed by atoms with Crippen LogP contribution in [0.1, 0.15) is 40.0 Å². The fourth-order valence-electron chi connectivity index (χ4n) is 2.63. The van der Waals surface area contributed by atoms with Gasteiger partial charge in [-0.15, -0.1) is 11.3 Å². The lowest BCUT2D eigenvalue weighted by molar-refractivity contribution is 0.501. The van der Waals surface area contributed by atoms with Gasteiger partial charge in [-0.1, -0.05) is 29.8 Å². The molecule has 0 radical (unpaired) electrons. The van der Waals surface area contributed by atoms with Crippen LogP contribution in [0, 0.1) is 0 Å². The van der Waals surface area contributed by atoms with E-state index in [4.69, 9.17) is 16.6 Å². The topological polar surface area (TPSA) is 24.9 Å². The van der Waals surface area contributed by atoms with Crippen molar-refractivity contribution in [3.05, 3.63) is 50.4 Å². The van der Waals surface area contributed by atoms with Crippen molar-refractivity contribution in [1.82, 2.24) is 10.3 Å². The molecule has 0 amide bonds. The van der Waals surface area contributed by atoms with Crippen LogP contribution < -0.4 is 5.32 Å². The van der Waals surface area contributed by atoms with E-state index in [1.54, 1.807) is 0 Å². The van der Waals surface area contributed by atoms with Gasteiger partial charge in [0.15, 0.2) is 0 Å². The summed E-state index contributed by atoms with van der Waals surface area (Å²) in [5.74, 6) is 0. The molecule has 19 heavy (non-hydrogen) atoms. The van der Waals surface area contributed by atoms with Crippen molar-refractivity contribution < 1.29 is 0 Å². The second-order valence-electron chi connectivity index (χ2n) is 4.92. The van der Waals surface area contributed by atoms with Crippen LogP contribution in [0.25, 0.3) is 0 Å². The summed E-state index contributed by atoms with van der Waals surface area (Å²) in [6, 6.07) is 8.51. The van der Waals surface area contributed by atoms with Crippen molar-refractivity contribution in [2.24, 2.45) is 0 Å². The monoisotopic (exact) mass is 292 g/mol. The van der Waals surface area contributed by atoms with Gasteiger partial charge in [-0.05, 0) is 37.9 Å². The molecule has 3 rings (SSSR count). The lowest BCUT2D eigenvalue weighted by atomic mass is 9.98. The molecule has 1 aliphatic rings. The fourth-order valence-corrected chi connectivity index (χ4v) is 4.11. The molecule has 1 atom stereocenters. The van der Waals surface area contributed by atoms with Crippen LogP contribution in [0.5, 0.6) is 0 Å². The first-order valence-corrected chi connectivity index (χ1v) is 7.86. The molecule has 0 spiro atoms. The highest BCUT2D eigenvalue weighted by molar-refractivity contribution is 7.11. The lowest BCUT2D eigenvalue weighted by Gasteiger charge is -2.20. The molecule has 0 saturated carbocycles. The second kappa shape index (κ2) is 5.61. The Morgan fingerprint density at radius 2 is 2.26 bits per heavy atom. The summed E-state index contributed by atoms with van der Waals surface area (Å²) in [5, 5.41) is 5.41. The minimum atomic E-state index is 0.487. The van der Waals surface area contributed by atoms with Crippen molar-refractivity contribution in [3.63, 3.8) is 0 Å². The highest BCUT2D eigenvalue weighted by Crippen LogP contribution is 2.35. The molecule has 1 heterocycles. The summed E-state index contributed by atoms with van der Waals surface area (Å²) >= 11 is 8.06. The van der Waals surface area contributed by atoms with Crippen molar-refractivity contribution in [1.29, 1.82) is 0 Å². The van der Waals surface area contributed by atoms with Crippen LogP contribution >= 0.6 is 22.9 Å². The Kier molecular flexibility index (Phi) is 3.87. The molecule has 0 aliphatic heterocycles. The molecule has 0 saturated heterocycles. The van der Waals surface area contributed by atoms with Gasteiger partial charge in [-0.3, -0.25) is 0 Å². The molecular formula is C15H17ClN2S. The number of halogens is 1. The number of benzene rings is 1. The highest BCUT2D eigenvalue weighted by atomic mass is 35.5. The maximum Gasteiger partial charge on any atom is 0.0976 e. The molecule has 1 N–H and O–H groups in total. The largest absolute Gasteiger partial charge is 0.312 e. The number of nitrogens with zero attached hydrogens (tertiary/aromatic N) is 1. The van der Waals surface area contributed by atoms with Gasteiger partial charge in [0.1, 0.15) is 0 Å². The van der Waals surface area contributed by atoms with Gasteiger partial charge >= 0.3 is 0 Å². The predicted molar refractivity (Wildman–Crippen MR) is 81.1 cm³/mol. The summed E-state index contributed by atoms with van der Waals surface area (Å²) in [7, 11) is 2.03. The van der Waals surface area contributed by atoms with E-state index in [1.165, 1.54) is 28.4 Å². The zero-order chi connectivity index (χ0) is 13.2. The molecule has 2 nitrogen and oxygen atoms in total. The third-order valence-electron chi connectivity index (χ3n) is 3.64. The standard InChI is InChI=1S/C15H17ClN2S/c1-17-12-7-4-8-13-15(12)19-14(18-13)9-10-5-2-3-6-11(10)16/h2-3,5-6,12,17H,4,7-9H2,1H3. The first kappa shape index (κ1) is 13.1. The maximum atomic E-state index is 6.22. The van der Waals surface area contributed by atoms with Gasteiger partial charge in [0, 0.05) is 22.4 Å². The summed E-state index contributed by atoms with van der Waals surface area (Å²) in [4.78, 5) is 6.23. The third-order valence-corrected chi connectivity index (χ3v) is 5.22. The summed E-state index contributed by atoms with van der Waals surface area (Å²) in [5.41, 5.74) is 2.45. The van der Waals surface area contributed by atoms with Gasteiger partial charge < -0.3 is 5.32 Å². The Labute approximate surface area is 122 Å². The number of fused-ring (bicyclic) bond motifs is 1. The molecule has 1 aromatic carbocycles. The van der Waals surface area contributed by atoms with E-state index in [1.807, 2.05) is 36.6 Å². The summed E-state index contributed by atoms with van der Waals surface area (Å²) in [6.07, 6.45) is 4.41. The second-order valence-corrected chi connectivity index (χ2v) is 6.44. The van der Waals surface area contributed by atoms with Crippen LogP contribution in [0.2, 0.25) is 5.02 Å². The number of aryl methyl sites for hydroxylation is 1. The van der Waals surface area contributed by atoms with E-state index >= 15 is 0 Å². The molecule has 1 aliphatic carbocycles. The molecule has 4 heteroatoms. The van der Waals surface area contributed by atoms with E-state index < -0.39 is 0 Å². The number of rotatable bonds is 3. The van der Waals surface area contributed by atoms with Crippen molar-refractivity contribution in [3.8, 4) is 0 Å². The third kappa shape index (κ3) is 2.69. The predicted octanol–water partition coefficient (Wildman–Crippen LogP) is 3.98. The quantitative estimate of drug-likeness (QED) is 0.925. The Morgan fingerprint density at radius 1 is 1.42 bits per heavy atom. The molecule has 0 fully saturated rings. The normalized spacial score (nSPS) is 18.3. The van der Waals surface area contributed by atoms with E-state index in [0.29, 0.717) is 6.04 Å². The number of hydrogen-bond acceptors (Lipinski definition) is 3. The van der Waals surface area contributed by atoms with Crippen molar-refractivity contribution in [2.75, 3.05) is 7.05 Å². The first-order chi connectivity index (χ1) is 9.28. The van der Waals surface area contributed by atoms with Crippen LogP contribution in [0.3, 0.4) is 0 Å². The van der Waals surface area contributed by atoms with Crippen LogP contribution in [-0.4, -0.2) is 12.0 Å². The van der Waals surface area contributed by atoms with Gasteiger partial charge in [-0.25, -0.2) is 4.98 Å². The zero-order valence-electron chi connectivity index (χ0n) is 10.9. The van der Waals surface area contributed by atoms with E-state index in [9.17, 15) is 0 Å². The SMILES string of the molecule is CNC1CCCc2nc(Cc3ccccc3Cl)sc21. The maximum absolute atomic E-state index is 6.22. The van der Waals surface area contributed by atoms with Crippen LogP contribution in [0.4, 0.5) is 0 Å². The Balaban J connectivity index is 1.87. The lowest BCUT2D eigenvalue weighted by Crippen LogP contribution is -2.19. The Hall–Kier alpha value is -0.900.